The molecule has 4 aromatic rings. The number of hydrogen-bond acceptors (Lipinski definition) is 4. The van der Waals surface area contributed by atoms with Crippen molar-refractivity contribution < 1.29 is 0 Å². The zero-order valence-corrected chi connectivity index (χ0v) is 15.1. The third kappa shape index (κ3) is 3.32. The third-order valence-corrected chi connectivity index (χ3v) is 4.22. The lowest BCUT2D eigenvalue weighted by Crippen LogP contribution is -2.00. The number of nitrogens with one attached hydrogen (secondary N) is 1. The molecule has 0 unspecified atom stereocenters. The fourth-order valence-corrected chi connectivity index (χ4v) is 2.96. The molecule has 26 heavy (non-hydrogen) atoms. The smallest absolute Gasteiger partial charge is 0.221 e. The Balaban J connectivity index is 0.00000196. The quantitative estimate of drug-likeness (QED) is 0.515. The number of benzene rings is 3. The number of aromatic nitrogens is 2. The van der Waals surface area contributed by atoms with Gasteiger partial charge < -0.3 is 11.1 Å². The highest BCUT2D eigenvalue weighted by molar-refractivity contribution is 5.97. The van der Waals surface area contributed by atoms with E-state index in [1.807, 2.05) is 48.5 Å². The Morgan fingerprint density at radius 3 is 2.23 bits per heavy atom. The van der Waals surface area contributed by atoms with Gasteiger partial charge in [0.05, 0.1) is 11.2 Å². The molecular weight excluding hydrogens is 344 g/mol. The highest BCUT2D eigenvalue weighted by Crippen LogP contribution is 2.34. The van der Waals surface area contributed by atoms with Crippen LogP contribution in [0.2, 0.25) is 0 Å². The van der Waals surface area contributed by atoms with Crippen molar-refractivity contribution in [3.8, 4) is 11.3 Å². The predicted molar refractivity (Wildman–Crippen MR) is 111 cm³/mol. The molecule has 0 radical (unpaired) electrons. The SMILES string of the molecule is Cc1ccccc1Nc1ccccc1-c1nc(N)nc2ccccc12.Cl. The van der Waals surface area contributed by atoms with Gasteiger partial charge in [-0.25, -0.2) is 9.97 Å². The lowest BCUT2D eigenvalue weighted by Gasteiger charge is -2.15. The number of rotatable bonds is 3. The number of aryl methyl sites for hydroxylation is 1. The van der Waals surface area contributed by atoms with E-state index in [0.717, 1.165) is 33.5 Å². The second-order valence-electron chi connectivity index (χ2n) is 5.93. The molecule has 0 spiro atoms. The number of nitrogens with zero attached hydrogens (tertiary/aromatic N) is 2. The van der Waals surface area contributed by atoms with Gasteiger partial charge in [0.15, 0.2) is 0 Å². The zero-order chi connectivity index (χ0) is 17.2. The maximum absolute atomic E-state index is 5.95. The fraction of sp³-hybridized carbons (Fsp3) is 0.0476. The number of anilines is 3. The van der Waals surface area contributed by atoms with Crippen LogP contribution in [0.5, 0.6) is 0 Å². The summed E-state index contributed by atoms with van der Waals surface area (Å²) in [5.41, 5.74) is 11.9. The number of nitrogen functional groups attached to an aromatic ring is 1. The van der Waals surface area contributed by atoms with Gasteiger partial charge in [-0.3, -0.25) is 0 Å². The minimum atomic E-state index is 0. The van der Waals surface area contributed by atoms with Crippen LogP contribution in [-0.4, -0.2) is 9.97 Å². The van der Waals surface area contributed by atoms with Gasteiger partial charge in [0.1, 0.15) is 0 Å². The maximum Gasteiger partial charge on any atom is 0.221 e. The zero-order valence-electron chi connectivity index (χ0n) is 14.3. The van der Waals surface area contributed by atoms with Gasteiger partial charge in [0.2, 0.25) is 5.95 Å². The second-order valence-corrected chi connectivity index (χ2v) is 5.93. The van der Waals surface area contributed by atoms with Crippen LogP contribution < -0.4 is 11.1 Å². The molecular formula is C21H19ClN4. The van der Waals surface area contributed by atoms with Crippen molar-refractivity contribution in [3.63, 3.8) is 0 Å². The lowest BCUT2D eigenvalue weighted by atomic mass is 10.0. The molecule has 4 rings (SSSR count). The Kier molecular flexibility index (Phi) is 5.05. The van der Waals surface area contributed by atoms with Crippen LogP contribution in [0.4, 0.5) is 17.3 Å². The first-order valence-electron chi connectivity index (χ1n) is 8.17. The minimum Gasteiger partial charge on any atom is -0.368 e. The summed E-state index contributed by atoms with van der Waals surface area (Å²) in [4.78, 5) is 8.86. The molecule has 0 fully saturated rings. The van der Waals surface area contributed by atoms with Gasteiger partial charge in [0, 0.05) is 22.3 Å². The van der Waals surface area contributed by atoms with E-state index in [1.165, 1.54) is 5.56 Å². The van der Waals surface area contributed by atoms with Crippen molar-refractivity contribution in [3.05, 3.63) is 78.4 Å². The molecule has 5 heteroatoms. The van der Waals surface area contributed by atoms with Crippen LogP contribution in [0.25, 0.3) is 22.2 Å². The first-order valence-corrected chi connectivity index (χ1v) is 8.17. The van der Waals surface area contributed by atoms with Gasteiger partial charge in [-0.2, -0.15) is 0 Å². The molecule has 4 nitrogen and oxygen atoms in total. The molecule has 3 aromatic carbocycles. The number of fused-ring (bicyclic) bond motifs is 1. The number of halogens is 1. The summed E-state index contributed by atoms with van der Waals surface area (Å²) in [5, 5.41) is 4.50. The van der Waals surface area contributed by atoms with Crippen LogP contribution in [-0.2, 0) is 0 Å². The van der Waals surface area contributed by atoms with Gasteiger partial charge >= 0.3 is 0 Å². The van der Waals surface area contributed by atoms with Crippen molar-refractivity contribution in [2.45, 2.75) is 6.92 Å². The van der Waals surface area contributed by atoms with Crippen LogP contribution in [0.1, 0.15) is 5.56 Å². The maximum atomic E-state index is 5.95. The highest BCUT2D eigenvalue weighted by Gasteiger charge is 2.12. The van der Waals surface area contributed by atoms with E-state index >= 15 is 0 Å². The van der Waals surface area contributed by atoms with Crippen molar-refractivity contribution in [2.75, 3.05) is 11.1 Å². The van der Waals surface area contributed by atoms with E-state index in [4.69, 9.17) is 5.73 Å². The predicted octanol–water partition coefficient (Wildman–Crippen LogP) is 5.35. The Bertz CT molecular complexity index is 1060. The summed E-state index contributed by atoms with van der Waals surface area (Å²) in [5.74, 6) is 0.277. The largest absolute Gasteiger partial charge is 0.368 e. The first kappa shape index (κ1) is 17.7. The second kappa shape index (κ2) is 7.42. The van der Waals surface area contributed by atoms with Gasteiger partial charge in [-0.15, -0.1) is 12.4 Å². The van der Waals surface area contributed by atoms with Crippen LogP contribution in [0.3, 0.4) is 0 Å². The molecule has 0 aliphatic carbocycles. The van der Waals surface area contributed by atoms with Gasteiger partial charge in [-0.05, 0) is 30.7 Å². The summed E-state index contributed by atoms with van der Waals surface area (Å²) in [6.45, 7) is 2.09. The monoisotopic (exact) mass is 362 g/mol. The number of nitrogens with two attached hydrogens (primary N) is 1. The molecule has 0 aliphatic heterocycles. The molecule has 0 saturated heterocycles. The fourth-order valence-electron chi connectivity index (χ4n) is 2.96. The van der Waals surface area contributed by atoms with E-state index in [0.29, 0.717) is 0 Å². The molecule has 0 saturated carbocycles. The highest BCUT2D eigenvalue weighted by atomic mass is 35.5. The Morgan fingerprint density at radius 2 is 1.42 bits per heavy atom. The molecule has 0 amide bonds. The standard InChI is InChI=1S/C21H18N4.ClH/c1-14-8-2-5-11-17(14)23-18-12-6-3-9-15(18)20-16-10-4-7-13-19(16)24-21(22)25-20;/h2-13,23H,1H3,(H2,22,24,25);1H. The van der Waals surface area contributed by atoms with E-state index in [-0.39, 0.29) is 18.4 Å². The molecule has 0 atom stereocenters. The lowest BCUT2D eigenvalue weighted by molar-refractivity contribution is 1.24. The Labute approximate surface area is 158 Å². The van der Waals surface area contributed by atoms with Crippen molar-refractivity contribution >= 4 is 40.6 Å². The molecule has 3 N–H and O–H groups in total. The molecule has 0 bridgehead atoms. The van der Waals surface area contributed by atoms with Crippen LogP contribution in [0.15, 0.2) is 72.8 Å². The minimum absolute atomic E-state index is 0. The first-order chi connectivity index (χ1) is 12.2. The summed E-state index contributed by atoms with van der Waals surface area (Å²) in [6, 6.07) is 24.2. The van der Waals surface area contributed by atoms with Crippen LogP contribution in [0, 0.1) is 6.92 Å². The Hall–Kier alpha value is -3.11. The topological polar surface area (TPSA) is 63.8 Å². The third-order valence-electron chi connectivity index (χ3n) is 4.22. The molecule has 130 valence electrons. The van der Waals surface area contributed by atoms with Gasteiger partial charge in [-0.1, -0.05) is 54.6 Å². The number of para-hydroxylation sites is 3. The summed E-state index contributed by atoms with van der Waals surface area (Å²) in [7, 11) is 0. The molecule has 1 heterocycles. The summed E-state index contributed by atoms with van der Waals surface area (Å²) in [6.07, 6.45) is 0. The van der Waals surface area contributed by atoms with E-state index in [2.05, 4.69) is 46.5 Å². The average Bonchev–Trinajstić information content (AvgIpc) is 2.63. The average molecular weight is 363 g/mol. The molecule has 1 aromatic heterocycles. The van der Waals surface area contributed by atoms with Crippen molar-refractivity contribution in [2.24, 2.45) is 0 Å². The number of hydrogen-bond donors (Lipinski definition) is 2. The van der Waals surface area contributed by atoms with Crippen LogP contribution >= 0.6 is 12.4 Å². The van der Waals surface area contributed by atoms with Gasteiger partial charge in [0.25, 0.3) is 0 Å². The molecule has 0 aliphatic rings. The van der Waals surface area contributed by atoms with E-state index < -0.39 is 0 Å². The van der Waals surface area contributed by atoms with E-state index in [9.17, 15) is 0 Å². The Morgan fingerprint density at radius 1 is 0.769 bits per heavy atom. The van der Waals surface area contributed by atoms with Crippen molar-refractivity contribution in [1.82, 2.24) is 9.97 Å². The normalized spacial score (nSPS) is 10.3. The van der Waals surface area contributed by atoms with E-state index in [1.54, 1.807) is 0 Å². The summed E-state index contributed by atoms with van der Waals surface area (Å²) >= 11 is 0. The van der Waals surface area contributed by atoms with Crippen molar-refractivity contribution in [1.29, 1.82) is 0 Å². The summed E-state index contributed by atoms with van der Waals surface area (Å²) < 4.78 is 0.